The Hall–Kier alpha value is -2.47. The van der Waals surface area contributed by atoms with Gasteiger partial charge in [0.25, 0.3) is 5.82 Å². The fourth-order valence-corrected chi connectivity index (χ4v) is 2.36. The van der Waals surface area contributed by atoms with Crippen LogP contribution in [0.3, 0.4) is 0 Å². The summed E-state index contributed by atoms with van der Waals surface area (Å²) in [7, 11) is 1.39. The van der Waals surface area contributed by atoms with Crippen LogP contribution in [-0.2, 0) is 0 Å². The van der Waals surface area contributed by atoms with E-state index >= 15 is 0 Å². The molecule has 1 aromatic carbocycles. The van der Waals surface area contributed by atoms with Crippen LogP contribution in [-0.4, -0.2) is 7.11 Å². The highest BCUT2D eigenvalue weighted by Gasteiger charge is 2.25. The van der Waals surface area contributed by atoms with Crippen molar-refractivity contribution in [3.63, 3.8) is 0 Å². The standard InChI is InChI=1S/C14H8Cl2N4O/c1-21-14-9(6-18)11(8(5-17)13(19)20-14)7-3-2-4-10(15)12(7)16/h2-4H,1H3,(H2,19,20)/p+1. The Morgan fingerprint density at radius 3 is 2.43 bits per heavy atom. The van der Waals surface area contributed by atoms with E-state index in [2.05, 4.69) is 4.98 Å². The summed E-state index contributed by atoms with van der Waals surface area (Å²) in [6.45, 7) is 0. The molecule has 0 aliphatic carbocycles. The zero-order valence-electron chi connectivity index (χ0n) is 10.9. The molecule has 0 atom stereocenters. The van der Waals surface area contributed by atoms with Crippen molar-refractivity contribution in [1.82, 2.24) is 0 Å². The summed E-state index contributed by atoms with van der Waals surface area (Å²) in [6, 6.07) is 8.91. The molecule has 0 fully saturated rings. The van der Waals surface area contributed by atoms with Gasteiger partial charge in [-0.15, -0.1) is 0 Å². The lowest BCUT2D eigenvalue weighted by atomic mass is 9.96. The number of ether oxygens (including phenoxy) is 1. The van der Waals surface area contributed by atoms with Crippen LogP contribution in [0.5, 0.6) is 5.88 Å². The number of H-pyrrole nitrogens is 1. The molecule has 0 aliphatic rings. The van der Waals surface area contributed by atoms with Crippen LogP contribution < -0.4 is 15.5 Å². The normalized spacial score (nSPS) is 9.76. The van der Waals surface area contributed by atoms with Crippen LogP contribution in [0, 0.1) is 22.7 Å². The Morgan fingerprint density at radius 2 is 1.86 bits per heavy atom. The maximum atomic E-state index is 9.39. The first-order valence-electron chi connectivity index (χ1n) is 5.72. The summed E-state index contributed by atoms with van der Waals surface area (Å²) in [4.78, 5) is 2.67. The number of pyridine rings is 1. The van der Waals surface area contributed by atoms with E-state index in [9.17, 15) is 10.5 Å². The molecular weight excluding hydrogens is 311 g/mol. The van der Waals surface area contributed by atoms with Crippen LogP contribution in [0.15, 0.2) is 18.2 Å². The maximum absolute atomic E-state index is 9.39. The molecule has 3 N–H and O–H groups in total. The monoisotopic (exact) mass is 319 g/mol. The Kier molecular flexibility index (Phi) is 4.18. The van der Waals surface area contributed by atoms with Crippen LogP contribution in [0.2, 0.25) is 10.0 Å². The Labute approximate surface area is 131 Å². The molecular formula is C14H9Cl2N4O+. The summed E-state index contributed by atoms with van der Waals surface area (Å²) in [6.07, 6.45) is 0. The van der Waals surface area contributed by atoms with Crippen molar-refractivity contribution < 1.29 is 9.72 Å². The van der Waals surface area contributed by atoms with Crippen LogP contribution in [0.1, 0.15) is 11.1 Å². The Morgan fingerprint density at radius 1 is 1.19 bits per heavy atom. The summed E-state index contributed by atoms with van der Waals surface area (Å²) in [5.74, 6) is 0.236. The van der Waals surface area contributed by atoms with E-state index in [4.69, 9.17) is 33.7 Å². The number of benzene rings is 1. The minimum atomic E-state index is 0.0828. The number of hydrogen-bond donors (Lipinski definition) is 1. The number of nitrogens with one attached hydrogen (secondary N) is 1. The van der Waals surface area contributed by atoms with Crippen molar-refractivity contribution in [2.24, 2.45) is 0 Å². The molecule has 0 unspecified atom stereocenters. The molecule has 5 nitrogen and oxygen atoms in total. The predicted octanol–water partition coefficient (Wildman–Crippen LogP) is 2.81. The summed E-state index contributed by atoms with van der Waals surface area (Å²) in [5.41, 5.74) is 6.79. The number of aromatic amines is 1. The smallest absolute Gasteiger partial charge is 0.300 e. The molecule has 21 heavy (non-hydrogen) atoms. The Bertz CT molecular complexity index is 806. The molecule has 7 heteroatoms. The number of aromatic nitrogens is 1. The molecule has 0 aliphatic heterocycles. The van der Waals surface area contributed by atoms with E-state index < -0.39 is 0 Å². The lowest BCUT2D eigenvalue weighted by Gasteiger charge is -2.11. The number of halogens is 2. The number of hydrogen-bond acceptors (Lipinski definition) is 4. The molecule has 0 radical (unpaired) electrons. The molecule has 1 aromatic heterocycles. The van der Waals surface area contributed by atoms with E-state index in [1.54, 1.807) is 18.2 Å². The van der Waals surface area contributed by atoms with E-state index in [1.807, 2.05) is 12.1 Å². The van der Waals surface area contributed by atoms with Crippen LogP contribution in [0.4, 0.5) is 5.82 Å². The van der Waals surface area contributed by atoms with Gasteiger partial charge in [0.2, 0.25) is 0 Å². The zero-order valence-corrected chi connectivity index (χ0v) is 12.4. The van der Waals surface area contributed by atoms with Gasteiger partial charge in [-0.25, -0.2) is 4.98 Å². The number of nitrogen functional groups attached to an aromatic ring is 1. The third-order valence-corrected chi connectivity index (χ3v) is 3.71. The van der Waals surface area contributed by atoms with Gasteiger partial charge in [-0.3, -0.25) is 5.73 Å². The number of nitriles is 2. The van der Waals surface area contributed by atoms with Crippen molar-refractivity contribution >= 4 is 29.0 Å². The maximum Gasteiger partial charge on any atom is 0.300 e. The SMILES string of the molecule is COc1[nH+]c(N)c(C#N)c(-c2cccc(Cl)c2Cl)c1C#N. The summed E-state index contributed by atoms with van der Waals surface area (Å²) < 4.78 is 5.11. The highest BCUT2D eigenvalue weighted by atomic mass is 35.5. The lowest BCUT2D eigenvalue weighted by Crippen LogP contribution is -2.18. The van der Waals surface area contributed by atoms with Gasteiger partial charge in [-0.2, -0.15) is 10.5 Å². The van der Waals surface area contributed by atoms with E-state index in [-0.39, 0.29) is 27.8 Å². The predicted molar refractivity (Wildman–Crippen MR) is 78.8 cm³/mol. The molecule has 1 heterocycles. The van der Waals surface area contributed by atoms with Gasteiger partial charge in [0, 0.05) is 11.1 Å². The molecule has 0 saturated carbocycles. The van der Waals surface area contributed by atoms with Gasteiger partial charge in [-0.05, 0) is 6.07 Å². The summed E-state index contributed by atoms with van der Waals surface area (Å²) in [5, 5.41) is 19.3. The van der Waals surface area contributed by atoms with Gasteiger partial charge in [0.1, 0.15) is 17.7 Å². The minimum absolute atomic E-state index is 0.0828. The molecule has 0 bridgehead atoms. The molecule has 0 spiro atoms. The second-order valence-electron chi connectivity index (χ2n) is 4.02. The minimum Gasteiger partial charge on any atom is -0.465 e. The number of anilines is 1. The van der Waals surface area contributed by atoms with Crippen molar-refractivity contribution in [3.8, 4) is 29.1 Å². The average molecular weight is 320 g/mol. The van der Waals surface area contributed by atoms with Gasteiger partial charge in [0.05, 0.1) is 17.2 Å². The second kappa shape index (κ2) is 5.88. The Balaban J connectivity index is 2.97. The number of rotatable bonds is 2. The second-order valence-corrected chi connectivity index (χ2v) is 4.81. The third-order valence-electron chi connectivity index (χ3n) is 2.89. The van der Waals surface area contributed by atoms with Gasteiger partial charge in [-0.1, -0.05) is 35.3 Å². The van der Waals surface area contributed by atoms with Gasteiger partial charge >= 0.3 is 5.88 Å². The first-order chi connectivity index (χ1) is 10.0. The lowest BCUT2D eigenvalue weighted by molar-refractivity contribution is -0.376. The molecule has 0 saturated heterocycles. The molecule has 104 valence electrons. The van der Waals surface area contributed by atoms with Crippen LogP contribution >= 0.6 is 23.2 Å². The number of methoxy groups -OCH3 is 1. The zero-order chi connectivity index (χ0) is 15.6. The summed E-state index contributed by atoms with van der Waals surface area (Å²) >= 11 is 12.2. The van der Waals surface area contributed by atoms with Gasteiger partial charge in [0.15, 0.2) is 5.56 Å². The quantitative estimate of drug-likeness (QED) is 0.920. The first-order valence-corrected chi connectivity index (χ1v) is 6.48. The van der Waals surface area contributed by atoms with Crippen molar-refractivity contribution in [2.45, 2.75) is 0 Å². The number of nitrogens with zero attached hydrogens (tertiary/aromatic N) is 2. The third kappa shape index (κ3) is 2.45. The molecule has 2 aromatic rings. The fourth-order valence-electron chi connectivity index (χ4n) is 1.96. The largest absolute Gasteiger partial charge is 0.465 e. The van der Waals surface area contributed by atoms with Crippen molar-refractivity contribution in [1.29, 1.82) is 10.5 Å². The van der Waals surface area contributed by atoms with E-state index in [1.165, 1.54) is 7.11 Å². The molecule has 0 amide bonds. The van der Waals surface area contributed by atoms with Crippen LogP contribution in [0.25, 0.3) is 11.1 Å². The fraction of sp³-hybridized carbons (Fsp3) is 0.0714. The van der Waals surface area contributed by atoms with Crippen molar-refractivity contribution in [2.75, 3.05) is 12.8 Å². The molecule has 2 rings (SSSR count). The van der Waals surface area contributed by atoms with Crippen molar-refractivity contribution in [3.05, 3.63) is 39.4 Å². The van der Waals surface area contributed by atoms with E-state index in [0.29, 0.717) is 16.1 Å². The highest BCUT2D eigenvalue weighted by Crippen LogP contribution is 2.39. The first kappa shape index (κ1) is 14.9. The highest BCUT2D eigenvalue weighted by molar-refractivity contribution is 6.43. The number of nitrogens with two attached hydrogens (primary N) is 1. The average Bonchev–Trinajstić information content (AvgIpc) is 2.49. The van der Waals surface area contributed by atoms with Gasteiger partial charge < -0.3 is 4.74 Å². The topological polar surface area (TPSA) is 97.0 Å². The van der Waals surface area contributed by atoms with E-state index in [0.717, 1.165) is 0 Å².